The van der Waals surface area contributed by atoms with E-state index in [1.165, 1.54) is 0 Å². The summed E-state index contributed by atoms with van der Waals surface area (Å²) < 4.78 is 11.4. The van der Waals surface area contributed by atoms with Crippen molar-refractivity contribution in [2.75, 3.05) is 19.8 Å². The smallest absolute Gasteiger partial charge is 0.307 e. The summed E-state index contributed by atoms with van der Waals surface area (Å²) in [5, 5.41) is 9.23. The molecular weight excluding hydrogens is 310 g/mol. The highest BCUT2D eigenvalue weighted by Gasteiger charge is 2.45. The Morgan fingerprint density at radius 2 is 1.88 bits per heavy atom. The van der Waals surface area contributed by atoms with Gasteiger partial charge in [0.15, 0.2) is 11.5 Å². The summed E-state index contributed by atoms with van der Waals surface area (Å²) in [5.74, 6) is -0.320. The van der Waals surface area contributed by atoms with Gasteiger partial charge in [0.25, 0.3) is 0 Å². The number of likely N-dealkylation sites (tertiary alicyclic amines) is 1. The molecule has 1 saturated heterocycles. The molecule has 3 aliphatic rings. The maximum atomic E-state index is 12.9. The van der Waals surface area contributed by atoms with Crippen LogP contribution in [0.3, 0.4) is 0 Å². The van der Waals surface area contributed by atoms with Crippen molar-refractivity contribution in [1.82, 2.24) is 4.90 Å². The number of aliphatic carboxylic acids is 1. The van der Waals surface area contributed by atoms with E-state index in [1.807, 2.05) is 23.1 Å². The highest BCUT2D eigenvalue weighted by atomic mass is 16.6. The summed E-state index contributed by atoms with van der Waals surface area (Å²) in [7, 11) is 0. The molecule has 3 atom stereocenters. The van der Waals surface area contributed by atoms with Crippen LogP contribution in [0.15, 0.2) is 18.2 Å². The molecule has 1 N–H and O–H groups in total. The van der Waals surface area contributed by atoms with Gasteiger partial charge < -0.3 is 19.5 Å². The molecule has 3 unspecified atom stereocenters. The SMILES string of the molecule is O=C(O)C1CCC1C(=O)N1CCCC1c1cccc2c1OCCO2. The lowest BCUT2D eigenvalue weighted by atomic mass is 9.72. The van der Waals surface area contributed by atoms with Gasteiger partial charge in [-0.3, -0.25) is 9.59 Å². The summed E-state index contributed by atoms with van der Waals surface area (Å²) in [6.07, 6.45) is 3.06. The van der Waals surface area contributed by atoms with Gasteiger partial charge in [0.1, 0.15) is 13.2 Å². The standard InChI is InChI=1S/C18H21NO5/c20-17(11-6-7-12(11)18(21)22)19-8-2-4-14(19)13-3-1-5-15-16(13)24-10-9-23-15/h1,3,5,11-12,14H,2,4,6-10H2,(H,21,22). The Balaban J connectivity index is 1.60. The van der Waals surface area contributed by atoms with E-state index in [4.69, 9.17) is 9.47 Å². The van der Waals surface area contributed by atoms with Crippen molar-refractivity contribution < 1.29 is 24.2 Å². The zero-order chi connectivity index (χ0) is 16.7. The minimum absolute atomic E-state index is 0.0227. The molecule has 0 aromatic heterocycles. The highest BCUT2D eigenvalue weighted by Crippen LogP contribution is 2.45. The van der Waals surface area contributed by atoms with Crippen molar-refractivity contribution in [1.29, 1.82) is 0 Å². The van der Waals surface area contributed by atoms with Gasteiger partial charge in [0.05, 0.1) is 17.9 Å². The normalized spacial score (nSPS) is 28.3. The predicted octanol–water partition coefficient (Wildman–Crippen LogP) is 2.23. The van der Waals surface area contributed by atoms with Gasteiger partial charge in [-0.25, -0.2) is 0 Å². The lowest BCUT2D eigenvalue weighted by Gasteiger charge is -2.37. The van der Waals surface area contributed by atoms with Crippen LogP contribution < -0.4 is 9.47 Å². The number of amides is 1. The van der Waals surface area contributed by atoms with Crippen LogP contribution in [-0.4, -0.2) is 41.6 Å². The van der Waals surface area contributed by atoms with Crippen molar-refractivity contribution >= 4 is 11.9 Å². The fraction of sp³-hybridized carbons (Fsp3) is 0.556. The van der Waals surface area contributed by atoms with Crippen LogP contribution in [0.4, 0.5) is 0 Å². The van der Waals surface area contributed by atoms with Gasteiger partial charge in [-0.15, -0.1) is 0 Å². The van der Waals surface area contributed by atoms with E-state index in [2.05, 4.69) is 0 Å². The number of rotatable bonds is 3. The van der Waals surface area contributed by atoms with Crippen molar-refractivity contribution in [2.24, 2.45) is 11.8 Å². The molecule has 24 heavy (non-hydrogen) atoms. The molecule has 1 amide bonds. The molecule has 0 bridgehead atoms. The third-order valence-electron chi connectivity index (χ3n) is 5.40. The molecule has 4 rings (SSSR count). The van der Waals surface area contributed by atoms with Crippen LogP contribution in [-0.2, 0) is 9.59 Å². The molecule has 2 fully saturated rings. The van der Waals surface area contributed by atoms with Crippen LogP contribution >= 0.6 is 0 Å². The third kappa shape index (κ3) is 2.41. The maximum absolute atomic E-state index is 12.9. The van der Waals surface area contributed by atoms with Crippen LogP contribution in [0.1, 0.15) is 37.3 Å². The minimum atomic E-state index is -0.857. The van der Waals surface area contributed by atoms with Crippen molar-refractivity contribution in [3.8, 4) is 11.5 Å². The lowest BCUT2D eigenvalue weighted by Crippen LogP contribution is -2.45. The van der Waals surface area contributed by atoms with Crippen molar-refractivity contribution in [3.63, 3.8) is 0 Å². The number of nitrogens with zero attached hydrogens (tertiary/aromatic N) is 1. The van der Waals surface area contributed by atoms with E-state index in [0.29, 0.717) is 32.6 Å². The first-order chi connectivity index (χ1) is 11.7. The average molecular weight is 331 g/mol. The number of hydrogen-bond acceptors (Lipinski definition) is 4. The van der Waals surface area contributed by atoms with Gasteiger partial charge in [0, 0.05) is 12.1 Å². The average Bonchev–Trinajstić information content (AvgIpc) is 3.02. The predicted molar refractivity (Wildman–Crippen MR) is 85.0 cm³/mol. The van der Waals surface area contributed by atoms with Gasteiger partial charge in [-0.1, -0.05) is 12.1 Å². The summed E-state index contributed by atoms with van der Waals surface area (Å²) in [4.78, 5) is 26.0. The lowest BCUT2D eigenvalue weighted by molar-refractivity contribution is -0.157. The van der Waals surface area contributed by atoms with Crippen LogP contribution in [0, 0.1) is 11.8 Å². The number of carboxylic acid groups (broad SMARTS) is 1. The van der Waals surface area contributed by atoms with Gasteiger partial charge in [-0.05, 0) is 31.7 Å². The van der Waals surface area contributed by atoms with Gasteiger partial charge in [0.2, 0.25) is 5.91 Å². The minimum Gasteiger partial charge on any atom is -0.486 e. The van der Waals surface area contributed by atoms with Crippen molar-refractivity contribution in [3.05, 3.63) is 23.8 Å². The first-order valence-electron chi connectivity index (χ1n) is 8.58. The zero-order valence-corrected chi connectivity index (χ0v) is 13.4. The molecule has 0 radical (unpaired) electrons. The second-order valence-corrected chi connectivity index (χ2v) is 6.69. The first kappa shape index (κ1) is 15.3. The Morgan fingerprint density at radius 1 is 1.08 bits per heavy atom. The topological polar surface area (TPSA) is 76.1 Å². The quantitative estimate of drug-likeness (QED) is 0.919. The molecule has 6 heteroatoms. The van der Waals surface area contributed by atoms with E-state index in [-0.39, 0.29) is 17.9 Å². The maximum Gasteiger partial charge on any atom is 0.307 e. The number of carboxylic acids is 1. The number of carbonyl (C=O) groups is 2. The summed E-state index contributed by atoms with van der Waals surface area (Å²) in [6, 6.07) is 5.74. The number of carbonyl (C=O) groups excluding carboxylic acids is 1. The molecule has 2 heterocycles. The van der Waals surface area contributed by atoms with Crippen LogP contribution in [0.5, 0.6) is 11.5 Å². The Hall–Kier alpha value is -2.24. The first-order valence-corrected chi connectivity index (χ1v) is 8.58. The summed E-state index contributed by atoms with van der Waals surface area (Å²) >= 11 is 0. The fourth-order valence-corrected chi connectivity index (χ4v) is 4.02. The number of para-hydroxylation sites is 1. The van der Waals surface area contributed by atoms with E-state index in [0.717, 1.165) is 29.9 Å². The summed E-state index contributed by atoms with van der Waals surface area (Å²) in [5.41, 5.74) is 0.976. The summed E-state index contributed by atoms with van der Waals surface area (Å²) in [6.45, 7) is 1.72. The highest BCUT2D eigenvalue weighted by molar-refractivity contribution is 5.87. The zero-order valence-electron chi connectivity index (χ0n) is 13.4. The molecule has 1 aromatic carbocycles. The second-order valence-electron chi connectivity index (χ2n) is 6.69. The number of ether oxygens (including phenoxy) is 2. The number of benzene rings is 1. The van der Waals surface area contributed by atoms with E-state index in [1.54, 1.807) is 0 Å². The Kier molecular flexibility index (Phi) is 3.82. The third-order valence-corrected chi connectivity index (χ3v) is 5.40. The van der Waals surface area contributed by atoms with Gasteiger partial charge in [-0.2, -0.15) is 0 Å². The molecule has 1 aliphatic carbocycles. The van der Waals surface area contributed by atoms with Crippen molar-refractivity contribution in [2.45, 2.75) is 31.7 Å². The Labute approximate surface area is 140 Å². The van der Waals surface area contributed by atoms with Crippen LogP contribution in [0.25, 0.3) is 0 Å². The van der Waals surface area contributed by atoms with E-state index >= 15 is 0 Å². The molecule has 6 nitrogen and oxygen atoms in total. The fourth-order valence-electron chi connectivity index (χ4n) is 4.02. The van der Waals surface area contributed by atoms with Crippen LogP contribution in [0.2, 0.25) is 0 Å². The number of hydrogen-bond donors (Lipinski definition) is 1. The molecule has 2 aliphatic heterocycles. The second kappa shape index (κ2) is 6.00. The molecule has 1 aromatic rings. The Bertz CT molecular complexity index is 673. The molecule has 1 saturated carbocycles. The number of fused-ring (bicyclic) bond motifs is 1. The Morgan fingerprint density at radius 3 is 2.62 bits per heavy atom. The van der Waals surface area contributed by atoms with E-state index in [9.17, 15) is 14.7 Å². The van der Waals surface area contributed by atoms with Gasteiger partial charge >= 0.3 is 5.97 Å². The largest absolute Gasteiger partial charge is 0.486 e. The molecule has 128 valence electrons. The molecule has 0 spiro atoms. The monoisotopic (exact) mass is 331 g/mol. The van der Waals surface area contributed by atoms with E-state index < -0.39 is 11.9 Å². The molecular formula is C18H21NO5.